The van der Waals surface area contributed by atoms with Gasteiger partial charge in [0.1, 0.15) is 0 Å². The fourth-order valence-corrected chi connectivity index (χ4v) is 3.71. The Balaban J connectivity index is 1.31. The Hall–Kier alpha value is -3.72. The van der Waals surface area contributed by atoms with Gasteiger partial charge in [0.05, 0.1) is 13.2 Å². The minimum absolute atomic E-state index is 0.0102. The molecule has 1 N–H and O–H groups in total. The molecule has 2 aromatic carbocycles. The van der Waals surface area contributed by atoms with Gasteiger partial charge in [-0.15, -0.1) is 0 Å². The van der Waals surface area contributed by atoms with E-state index < -0.39 is 0 Å². The predicted molar refractivity (Wildman–Crippen MR) is 128 cm³/mol. The fourth-order valence-electron chi connectivity index (χ4n) is 3.71. The molecule has 4 rings (SSSR count). The molecular weight excluding hydrogens is 434 g/mol. The molecule has 0 radical (unpaired) electrons. The summed E-state index contributed by atoms with van der Waals surface area (Å²) in [6.07, 6.45) is 1.30. The Bertz CT molecular complexity index is 1120. The predicted octanol–water partition coefficient (Wildman–Crippen LogP) is 3.48. The van der Waals surface area contributed by atoms with Gasteiger partial charge in [-0.3, -0.25) is 4.79 Å². The zero-order chi connectivity index (χ0) is 23.9. The number of ether oxygens (including phenoxy) is 1. The number of para-hydroxylation sites is 1. The minimum Gasteiger partial charge on any atom is -0.378 e. The first-order chi connectivity index (χ1) is 16.5. The van der Waals surface area contributed by atoms with Crippen molar-refractivity contribution in [1.29, 1.82) is 0 Å². The van der Waals surface area contributed by atoms with Crippen LogP contribution in [0.2, 0.25) is 0 Å². The summed E-state index contributed by atoms with van der Waals surface area (Å²) in [5.41, 5.74) is 3.26. The molecule has 1 aromatic heterocycles. The van der Waals surface area contributed by atoms with E-state index in [2.05, 4.69) is 22.4 Å². The Kier molecular flexibility index (Phi) is 7.54. The lowest BCUT2D eigenvalue weighted by molar-refractivity contribution is 0.0303. The van der Waals surface area contributed by atoms with E-state index in [0.717, 1.165) is 23.2 Å². The molecule has 0 saturated carbocycles. The van der Waals surface area contributed by atoms with Gasteiger partial charge < -0.3 is 24.4 Å². The first-order valence-electron chi connectivity index (χ1n) is 11.4. The van der Waals surface area contributed by atoms with Crippen LogP contribution in [-0.2, 0) is 17.6 Å². The molecule has 1 saturated heterocycles. The van der Waals surface area contributed by atoms with Crippen molar-refractivity contribution >= 4 is 17.6 Å². The van der Waals surface area contributed by atoms with Crippen LogP contribution in [0, 0.1) is 0 Å². The van der Waals surface area contributed by atoms with Crippen molar-refractivity contribution in [2.75, 3.05) is 45.2 Å². The normalized spacial score (nSPS) is 13.5. The zero-order valence-corrected chi connectivity index (χ0v) is 19.5. The Labute approximate surface area is 198 Å². The van der Waals surface area contributed by atoms with Gasteiger partial charge in [0.2, 0.25) is 0 Å². The molecule has 178 valence electrons. The second-order valence-corrected chi connectivity index (χ2v) is 8.11. The van der Waals surface area contributed by atoms with E-state index in [1.807, 2.05) is 24.3 Å². The summed E-state index contributed by atoms with van der Waals surface area (Å²) in [6.45, 7) is 4.83. The number of carbonyl (C=O) groups is 2. The lowest BCUT2D eigenvalue weighted by Gasteiger charge is -2.26. The van der Waals surface area contributed by atoms with Crippen LogP contribution >= 0.6 is 0 Å². The number of likely N-dealkylation sites (N-methyl/N-ethyl adjacent to an activating group) is 1. The van der Waals surface area contributed by atoms with Crippen molar-refractivity contribution in [2.45, 2.75) is 19.8 Å². The molecule has 2 heterocycles. The second-order valence-electron chi connectivity index (χ2n) is 8.11. The maximum Gasteiger partial charge on any atom is 0.321 e. The summed E-state index contributed by atoms with van der Waals surface area (Å²) in [6, 6.07) is 14.7. The van der Waals surface area contributed by atoms with Crippen molar-refractivity contribution in [3.63, 3.8) is 0 Å². The molecule has 3 aromatic rings. The monoisotopic (exact) mass is 463 g/mol. The summed E-state index contributed by atoms with van der Waals surface area (Å²) in [5, 5.41) is 6.98. The van der Waals surface area contributed by atoms with Crippen LogP contribution in [0.5, 0.6) is 0 Å². The first-order valence-corrected chi connectivity index (χ1v) is 11.4. The lowest BCUT2D eigenvalue weighted by Crippen LogP contribution is -2.40. The number of hydrogen-bond acceptors (Lipinski definition) is 6. The van der Waals surface area contributed by atoms with Crippen LogP contribution in [0.4, 0.5) is 10.5 Å². The molecule has 1 aliphatic heterocycles. The highest BCUT2D eigenvalue weighted by atomic mass is 16.5. The van der Waals surface area contributed by atoms with Crippen LogP contribution < -0.4 is 5.32 Å². The van der Waals surface area contributed by atoms with E-state index >= 15 is 0 Å². The molecule has 0 spiro atoms. The number of hydrogen-bond donors (Lipinski definition) is 1. The number of aromatic nitrogens is 2. The third-order valence-corrected chi connectivity index (χ3v) is 5.80. The Morgan fingerprint density at radius 1 is 1.09 bits per heavy atom. The van der Waals surface area contributed by atoms with Crippen molar-refractivity contribution < 1.29 is 18.8 Å². The molecule has 9 heteroatoms. The van der Waals surface area contributed by atoms with Crippen molar-refractivity contribution in [2.24, 2.45) is 0 Å². The zero-order valence-electron chi connectivity index (χ0n) is 19.5. The lowest BCUT2D eigenvalue weighted by atomic mass is 10.1. The molecule has 0 unspecified atom stereocenters. The molecule has 34 heavy (non-hydrogen) atoms. The number of urea groups is 1. The third-order valence-electron chi connectivity index (χ3n) is 5.80. The highest BCUT2D eigenvalue weighted by Crippen LogP contribution is 2.19. The van der Waals surface area contributed by atoms with Crippen LogP contribution in [0.25, 0.3) is 11.5 Å². The number of anilines is 1. The summed E-state index contributed by atoms with van der Waals surface area (Å²) in [4.78, 5) is 33.0. The van der Waals surface area contributed by atoms with E-state index in [9.17, 15) is 9.59 Å². The maximum atomic E-state index is 12.6. The SMILES string of the molecule is CCc1ccccc1NC(=O)N(C)CCc1noc(-c2ccc(C(=O)N3CCOCC3)cc2)n1. The summed E-state index contributed by atoms with van der Waals surface area (Å²) < 4.78 is 10.7. The van der Waals surface area contributed by atoms with E-state index in [4.69, 9.17) is 9.26 Å². The summed E-state index contributed by atoms with van der Waals surface area (Å²) in [5.74, 6) is 0.880. The van der Waals surface area contributed by atoms with Crippen LogP contribution in [0.15, 0.2) is 53.1 Å². The fraction of sp³-hybridized carbons (Fsp3) is 0.360. The molecule has 9 nitrogen and oxygen atoms in total. The highest BCUT2D eigenvalue weighted by molar-refractivity contribution is 5.94. The number of aryl methyl sites for hydroxylation is 1. The van der Waals surface area contributed by atoms with Gasteiger partial charge in [0, 0.05) is 49.9 Å². The van der Waals surface area contributed by atoms with E-state index in [1.165, 1.54) is 0 Å². The van der Waals surface area contributed by atoms with E-state index in [-0.39, 0.29) is 11.9 Å². The molecule has 1 aliphatic rings. The molecule has 1 fully saturated rings. The first kappa shape index (κ1) is 23.4. The quantitative estimate of drug-likeness (QED) is 0.576. The maximum absolute atomic E-state index is 12.6. The van der Waals surface area contributed by atoms with Gasteiger partial charge in [0.25, 0.3) is 11.8 Å². The van der Waals surface area contributed by atoms with Gasteiger partial charge in [0.15, 0.2) is 5.82 Å². The van der Waals surface area contributed by atoms with Gasteiger partial charge >= 0.3 is 6.03 Å². The molecule has 0 bridgehead atoms. The van der Waals surface area contributed by atoms with Gasteiger partial charge in [-0.25, -0.2) is 4.79 Å². The topological polar surface area (TPSA) is 101 Å². The average molecular weight is 464 g/mol. The number of morpholine rings is 1. The number of amides is 3. The number of benzene rings is 2. The standard InChI is InChI=1S/C25H29N5O4/c1-3-18-6-4-5-7-21(18)26-25(32)29(2)13-12-22-27-23(34-28-22)19-8-10-20(11-9-19)24(31)30-14-16-33-17-15-30/h4-11H,3,12-17H2,1-2H3,(H,26,32). The van der Waals surface area contributed by atoms with Gasteiger partial charge in [-0.05, 0) is 42.3 Å². The van der Waals surface area contributed by atoms with E-state index in [1.54, 1.807) is 41.1 Å². The number of nitrogens with one attached hydrogen (secondary N) is 1. The summed E-state index contributed by atoms with van der Waals surface area (Å²) >= 11 is 0. The van der Waals surface area contributed by atoms with Gasteiger partial charge in [-0.2, -0.15) is 4.98 Å². The average Bonchev–Trinajstić information content (AvgIpc) is 3.37. The van der Waals surface area contributed by atoms with Crippen LogP contribution in [0.3, 0.4) is 0 Å². The van der Waals surface area contributed by atoms with Crippen molar-refractivity contribution in [3.8, 4) is 11.5 Å². The minimum atomic E-state index is -0.190. The molecular formula is C25H29N5O4. The highest BCUT2D eigenvalue weighted by Gasteiger charge is 2.19. The van der Waals surface area contributed by atoms with Crippen molar-refractivity contribution in [1.82, 2.24) is 19.9 Å². The Morgan fingerprint density at radius 2 is 1.82 bits per heavy atom. The Morgan fingerprint density at radius 3 is 2.56 bits per heavy atom. The molecule has 0 atom stereocenters. The number of carbonyl (C=O) groups excluding carboxylic acids is 2. The van der Waals surface area contributed by atoms with E-state index in [0.29, 0.717) is 56.5 Å². The van der Waals surface area contributed by atoms with Crippen LogP contribution in [0.1, 0.15) is 28.7 Å². The summed E-state index contributed by atoms with van der Waals surface area (Å²) in [7, 11) is 1.73. The molecule has 0 aliphatic carbocycles. The van der Waals surface area contributed by atoms with Crippen LogP contribution in [-0.4, -0.2) is 71.8 Å². The number of rotatable bonds is 7. The largest absolute Gasteiger partial charge is 0.378 e. The van der Waals surface area contributed by atoms with Crippen molar-refractivity contribution in [3.05, 3.63) is 65.5 Å². The number of nitrogens with zero attached hydrogens (tertiary/aromatic N) is 4. The third kappa shape index (κ3) is 5.60. The molecule has 3 amide bonds. The smallest absolute Gasteiger partial charge is 0.321 e. The second kappa shape index (κ2) is 10.9. The van der Waals surface area contributed by atoms with Gasteiger partial charge in [-0.1, -0.05) is 30.3 Å².